The fourth-order valence-corrected chi connectivity index (χ4v) is 3.56. The third kappa shape index (κ3) is 2.63. The van der Waals surface area contributed by atoms with Crippen molar-refractivity contribution in [3.8, 4) is 16.9 Å². The van der Waals surface area contributed by atoms with Gasteiger partial charge in [0.05, 0.1) is 6.04 Å². The molecule has 2 aromatic rings. The van der Waals surface area contributed by atoms with Gasteiger partial charge < -0.3 is 9.64 Å². The maximum Gasteiger partial charge on any atom is 0.171 e. The minimum atomic E-state index is -0.238. The third-order valence-electron chi connectivity index (χ3n) is 4.97. The quantitative estimate of drug-likeness (QED) is 0.847. The highest BCUT2D eigenvalue weighted by Gasteiger charge is 2.34. The van der Waals surface area contributed by atoms with E-state index < -0.39 is 0 Å². The van der Waals surface area contributed by atoms with Crippen molar-refractivity contribution in [3.63, 3.8) is 0 Å². The zero-order valence-corrected chi connectivity index (χ0v) is 14.1. The molecule has 1 saturated heterocycles. The molecular formula is C19H22FN3O. The van der Waals surface area contributed by atoms with Crippen LogP contribution in [0.1, 0.15) is 13.8 Å². The van der Waals surface area contributed by atoms with Crippen molar-refractivity contribution in [2.45, 2.75) is 25.9 Å². The van der Waals surface area contributed by atoms with E-state index in [-0.39, 0.29) is 5.82 Å². The number of halogens is 1. The summed E-state index contributed by atoms with van der Waals surface area (Å²) < 4.78 is 20.0. The topological polar surface area (TPSA) is 28.6 Å². The van der Waals surface area contributed by atoms with E-state index in [4.69, 9.17) is 4.74 Å². The second-order valence-corrected chi connectivity index (χ2v) is 6.77. The first-order valence-corrected chi connectivity index (χ1v) is 8.52. The number of rotatable bonds is 2. The van der Waals surface area contributed by atoms with Crippen LogP contribution in [0.3, 0.4) is 0 Å². The van der Waals surface area contributed by atoms with Crippen LogP contribution < -0.4 is 9.64 Å². The van der Waals surface area contributed by atoms with Crippen molar-refractivity contribution in [2.75, 3.05) is 31.1 Å². The summed E-state index contributed by atoms with van der Waals surface area (Å²) in [5.41, 5.74) is 1.31. The molecule has 0 amide bonds. The van der Waals surface area contributed by atoms with Crippen LogP contribution in [-0.2, 0) is 0 Å². The Morgan fingerprint density at radius 2 is 2.08 bits per heavy atom. The van der Waals surface area contributed by atoms with E-state index in [9.17, 15) is 4.39 Å². The van der Waals surface area contributed by atoms with E-state index in [1.165, 1.54) is 6.07 Å². The van der Waals surface area contributed by atoms with E-state index in [2.05, 4.69) is 28.6 Å². The van der Waals surface area contributed by atoms with Crippen molar-refractivity contribution in [3.05, 3.63) is 42.3 Å². The van der Waals surface area contributed by atoms with E-state index in [0.29, 0.717) is 24.3 Å². The van der Waals surface area contributed by atoms with Crippen molar-refractivity contribution in [1.29, 1.82) is 0 Å². The first kappa shape index (κ1) is 15.4. The second kappa shape index (κ2) is 6.06. The molecule has 0 spiro atoms. The first-order valence-electron chi connectivity index (χ1n) is 8.52. The number of pyridine rings is 1. The molecular weight excluding hydrogens is 305 g/mol. The van der Waals surface area contributed by atoms with Gasteiger partial charge in [0.1, 0.15) is 12.4 Å². The normalized spacial score (nSPS) is 20.5. The van der Waals surface area contributed by atoms with Crippen molar-refractivity contribution >= 4 is 5.82 Å². The van der Waals surface area contributed by atoms with Gasteiger partial charge in [-0.05, 0) is 26.0 Å². The molecule has 5 heteroatoms. The molecule has 3 heterocycles. The molecule has 0 bridgehead atoms. The number of anilines is 1. The zero-order valence-electron chi connectivity index (χ0n) is 14.1. The Kier molecular flexibility index (Phi) is 3.88. The lowest BCUT2D eigenvalue weighted by Gasteiger charge is -2.46. The van der Waals surface area contributed by atoms with Gasteiger partial charge in [-0.1, -0.05) is 18.2 Å². The molecule has 4 nitrogen and oxygen atoms in total. The Bertz CT molecular complexity index is 749. The summed E-state index contributed by atoms with van der Waals surface area (Å²) in [4.78, 5) is 9.42. The van der Waals surface area contributed by atoms with Crippen LogP contribution in [0.25, 0.3) is 11.1 Å². The van der Waals surface area contributed by atoms with Gasteiger partial charge in [0.25, 0.3) is 0 Å². The molecule has 4 rings (SSSR count). The standard InChI is InChI=1S/C19H22FN3O/c1-13(2)22-7-8-23-15(11-22)12-24-18-9-14(10-21-19(18)23)16-5-3-4-6-17(16)20/h3-6,9-10,13,15H,7-8,11-12H2,1-2H3/t15-/m1/s1. The smallest absolute Gasteiger partial charge is 0.171 e. The largest absolute Gasteiger partial charge is 0.487 e. The molecule has 0 radical (unpaired) electrons. The minimum absolute atomic E-state index is 0.238. The molecule has 1 atom stereocenters. The summed E-state index contributed by atoms with van der Waals surface area (Å²) in [5.74, 6) is 1.40. The van der Waals surface area contributed by atoms with Crippen molar-refractivity contribution in [2.24, 2.45) is 0 Å². The Morgan fingerprint density at radius 1 is 1.25 bits per heavy atom. The maximum absolute atomic E-state index is 14.0. The van der Waals surface area contributed by atoms with Gasteiger partial charge in [-0.15, -0.1) is 0 Å². The molecule has 0 N–H and O–H groups in total. The number of ether oxygens (including phenoxy) is 1. The summed E-state index contributed by atoms with van der Waals surface area (Å²) in [6, 6.07) is 9.55. The maximum atomic E-state index is 14.0. The van der Waals surface area contributed by atoms with Crippen LogP contribution in [0.4, 0.5) is 10.2 Å². The number of fused-ring (bicyclic) bond motifs is 3. The summed E-state index contributed by atoms with van der Waals surface area (Å²) in [6.45, 7) is 8.08. The Labute approximate surface area is 141 Å². The van der Waals surface area contributed by atoms with Crippen LogP contribution in [0.2, 0.25) is 0 Å². The summed E-state index contributed by atoms with van der Waals surface area (Å²) in [6.07, 6.45) is 1.75. The van der Waals surface area contributed by atoms with Gasteiger partial charge in [-0.2, -0.15) is 0 Å². The predicted octanol–water partition coefficient (Wildman–Crippen LogP) is 3.18. The number of benzene rings is 1. The van der Waals surface area contributed by atoms with Crippen LogP contribution in [0.5, 0.6) is 5.75 Å². The SMILES string of the molecule is CC(C)N1CCN2c3ncc(-c4ccccc4F)cc3OC[C@H]2C1. The average Bonchev–Trinajstić information content (AvgIpc) is 2.61. The minimum Gasteiger partial charge on any atom is -0.487 e. The van der Waals surface area contributed by atoms with Crippen LogP contribution in [0, 0.1) is 5.82 Å². The van der Waals surface area contributed by atoms with E-state index in [1.807, 2.05) is 12.1 Å². The molecule has 2 aliphatic heterocycles. The van der Waals surface area contributed by atoms with Gasteiger partial charge in [0.2, 0.25) is 0 Å². The second-order valence-electron chi connectivity index (χ2n) is 6.77. The number of piperazine rings is 1. The Morgan fingerprint density at radius 3 is 2.88 bits per heavy atom. The highest BCUT2D eigenvalue weighted by atomic mass is 19.1. The van der Waals surface area contributed by atoms with Crippen LogP contribution in [0.15, 0.2) is 36.5 Å². The lowest BCUT2D eigenvalue weighted by Crippen LogP contribution is -2.58. The monoisotopic (exact) mass is 327 g/mol. The molecule has 2 aliphatic rings. The Balaban J connectivity index is 1.63. The molecule has 1 aromatic heterocycles. The molecule has 0 unspecified atom stereocenters. The number of nitrogens with zero attached hydrogens (tertiary/aromatic N) is 3. The van der Waals surface area contributed by atoms with Gasteiger partial charge in [-0.25, -0.2) is 9.37 Å². The van der Waals surface area contributed by atoms with Gasteiger partial charge in [-0.3, -0.25) is 4.90 Å². The number of hydrogen-bond donors (Lipinski definition) is 0. The number of aromatic nitrogens is 1. The highest BCUT2D eigenvalue weighted by molar-refractivity contribution is 5.69. The van der Waals surface area contributed by atoms with E-state index in [0.717, 1.165) is 36.8 Å². The molecule has 24 heavy (non-hydrogen) atoms. The fourth-order valence-electron chi connectivity index (χ4n) is 3.56. The van der Waals surface area contributed by atoms with Crippen molar-refractivity contribution in [1.82, 2.24) is 9.88 Å². The lowest BCUT2D eigenvalue weighted by atomic mass is 10.1. The summed E-state index contributed by atoms with van der Waals surface area (Å²) in [5, 5.41) is 0. The third-order valence-corrected chi connectivity index (χ3v) is 4.97. The first-order chi connectivity index (χ1) is 11.6. The zero-order chi connectivity index (χ0) is 16.7. The van der Waals surface area contributed by atoms with Gasteiger partial charge >= 0.3 is 0 Å². The highest BCUT2D eigenvalue weighted by Crippen LogP contribution is 2.36. The van der Waals surface area contributed by atoms with Gasteiger partial charge in [0, 0.05) is 43.0 Å². The molecule has 1 fully saturated rings. The lowest BCUT2D eigenvalue weighted by molar-refractivity contribution is 0.140. The van der Waals surface area contributed by atoms with Crippen LogP contribution >= 0.6 is 0 Å². The van der Waals surface area contributed by atoms with Gasteiger partial charge in [0.15, 0.2) is 11.6 Å². The summed E-state index contributed by atoms with van der Waals surface area (Å²) >= 11 is 0. The summed E-state index contributed by atoms with van der Waals surface area (Å²) in [7, 11) is 0. The molecule has 0 saturated carbocycles. The molecule has 126 valence electrons. The molecule has 1 aromatic carbocycles. The Hall–Kier alpha value is -2.14. The fraction of sp³-hybridized carbons (Fsp3) is 0.421. The average molecular weight is 327 g/mol. The predicted molar refractivity (Wildman–Crippen MR) is 93.0 cm³/mol. The number of hydrogen-bond acceptors (Lipinski definition) is 4. The van der Waals surface area contributed by atoms with E-state index in [1.54, 1.807) is 18.3 Å². The van der Waals surface area contributed by atoms with Crippen molar-refractivity contribution < 1.29 is 9.13 Å². The molecule has 0 aliphatic carbocycles. The van der Waals surface area contributed by atoms with Crippen LogP contribution in [-0.4, -0.2) is 48.2 Å². The van der Waals surface area contributed by atoms with E-state index >= 15 is 0 Å².